The molecule has 2 aromatic carbocycles. The third-order valence-corrected chi connectivity index (χ3v) is 5.42. The molecule has 1 amide bonds. The number of benzene rings is 2. The summed E-state index contributed by atoms with van der Waals surface area (Å²) in [4.78, 5) is 23.6. The Morgan fingerprint density at radius 3 is 2.91 bits per heavy atom. The van der Waals surface area contributed by atoms with Gasteiger partial charge in [0.2, 0.25) is 5.91 Å². The Balaban J connectivity index is 1.59. The molecule has 168 valence electrons. The molecule has 0 spiro atoms. The number of hydrogen-bond donors (Lipinski definition) is 2. The number of likely N-dealkylation sites (N-methyl/N-ethyl adjacent to an activating group) is 1. The van der Waals surface area contributed by atoms with E-state index in [2.05, 4.69) is 38.5 Å². The molecule has 0 aliphatic heterocycles. The number of carbonyl (C=O) groups is 1. The Labute approximate surface area is 193 Å². The maximum absolute atomic E-state index is 12.6. The van der Waals surface area contributed by atoms with E-state index in [0.717, 1.165) is 23.2 Å². The van der Waals surface area contributed by atoms with Crippen LogP contribution in [0, 0.1) is 12.3 Å². The summed E-state index contributed by atoms with van der Waals surface area (Å²) in [6, 6.07) is 11.8. The summed E-state index contributed by atoms with van der Waals surface area (Å²) in [5.74, 6) is 3.58. The van der Waals surface area contributed by atoms with E-state index < -0.39 is 0 Å². The zero-order chi connectivity index (χ0) is 23.2. The zero-order valence-corrected chi connectivity index (χ0v) is 18.8. The molecule has 0 saturated heterocycles. The Kier molecular flexibility index (Phi) is 6.86. The van der Waals surface area contributed by atoms with Crippen LogP contribution in [0.3, 0.4) is 0 Å². The molecule has 1 saturated carbocycles. The smallest absolute Gasteiger partial charge is 0.248 e. The zero-order valence-electron chi connectivity index (χ0n) is 18.8. The average Bonchev–Trinajstić information content (AvgIpc) is 3.66. The van der Waals surface area contributed by atoms with Crippen LogP contribution in [0.5, 0.6) is 5.75 Å². The summed E-state index contributed by atoms with van der Waals surface area (Å²) >= 11 is 0. The summed E-state index contributed by atoms with van der Waals surface area (Å²) in [7, 11) is 2.07. The number of hydrogen-bond acceptors (Lipinski definition) is 6. The molecule has 7 heteroatoms. The van der Waals surface area contributed by atoms with E-state index in [9.17, 15) is 4.79 Å². The largest absolute Gasteiger partial charge is 0.492 e. The Bertz CT molecular complexity index is 1230. The van der Waals surface area contributed by atoms with E-state index in [4.69, 9.17) is 11.2 Å². The van der Waals surface area contributed by atoms with Gasteiger partial charge in [-0.1, -0.05) is 18.1 Å². The third kappa shape index (κ3) is 5.68. The molecular weight excluding hydrogens is 414 g/mol. The molecule has 1 aliphatic carbocycles. The lowest BCUT2D eigenvalue weighted by atomic mass is 10.1. The first-order chi connectivity index (χ1) is 16.1. The van der Waals surface area contributed by atoms with Crippen LogP contribution in [0.4, 0.5) is 17.2 Å². The fourth-order valence-corrected chi connectivity index (χ4v) is 3.54. The number of aromatic nitrogens is 2. The maximum Gasteiger partial charge on any atom is 0.248 e. The van der Waals surface area contributed by atoms with Crippen molar-refractivity contribution in [3.8, 4) is 18.1 Å². The Morgan fingerprint density at radius 2 is 2.15 bits per heavy atom. The lowest BCUT2D eigenvalue weighted by Gasteiger charge is -2.14. The van der Waals surface area contributed by atoms with Crippen LogP contribution in [-0.2, 0) is 4.79 Å². The van der Waals surface area contributed by atoms with Crippen molar-refractivity contribution in [3.05, 3.63) is 60.4 Å². The predicted molar refractivity (Wildman–Crippen MR) is 132 cm³/mol. The molecule has 0 radical (unpaired) electrons. The van der Waals surface area contributed by atoms with Gasteiger partial charge >= 0.3 is 0 Å². The number of carbonyl (C=O) groups excluding carboxylic acids is 1. The average molecular weight is 442 g/mol. The van der Waals surface area contributed by atoms with Crippen molar-refractivity contribution in [2.24, 2.45) is 0 Å². The first kappa shape index (κ1) is 22.3. The van der Waals surface area contributed by atoms with Gasteiger partial charge in [-0.3, -0.25) is 9.69 Å². The number of terminal acetylenes is 1. The molecule has 1 aliphatic rings. The number of anilines is 3. The quantitative estimate of drug-likeness (QED) is 0.380. The summed E-state index contributed by atoms with van der Waals surface area (Å²) in [6.45, 7) is 3.10. The highest BCUT2D eigenvalue weighted by atomic mass is 16.5. The van der Waals surface area contributed by atoms with Crippen molar-refractivity contribution in [2.75, 3.05) is 30.8 Å². The molecule has 0 unspecified atom stereocenters. The van der Waals surface area contributed by atoms with E-state index in [1.165, 1.54) is 19.2 Å². The van der Waals surface area contributed by atoms with Gasteiger partial charge in [0.1, 0.15) is 17.9 Å². The van der Waals surface area contributed by atoms with Gasteiger partial charge in [-0.2, -0.15) is 0 Å². The minimum Gasteiger partial charge on any atom is -0.492 e. The van der Waals surface area contributed by atoms with E-state index in [1.54, 1.807) is 6.08 Å². The minimum absolute atomic E-state index is 0.215. The van der Waals surface area contributed by atoms with E-state index in [-0.39, 0.29) is 5.91 Å². The van der Waals surface area contributed by atoms with Crippen LogP contribution in [0.15, 0.2) is 54.9 Å². The van der Waals surface area contributed by atoms with Gasteiger partial charge in [0.15, 0.2) is 0 Å². The van der Waals surface area contributed by atoms with Crippen LogP contribution < -0.4 is 15.4 Å². The van der Waals surface area contributed by atoms with Gasteiger partial charge in [-0.15, -0.1) is 6.42 Å². The van der Waals surface area contributed by atoms with Gasteiger partial charge in [-0.25, -0.2) is 9.97 Å². The second-order valence-corrected chi connectivity index (χ2v) is 7.93. The molecule has 0 bridgehead atoms. The van der Waals surface area contributed by atoms with Crippen LogP contribution in [0.25, 0.3) is 10.9 Å². The van der Waals surface area contributed by atoms with Crippen LogP contribution in [0.1, 0.15) is 25.3 Å². The molecule has 3 aromatic rings. The highest BCUT2D eigenvalue weighted by molar-refractivity contribution is 6.03. The number of nitrogens with zero attached hydrogens (tertiary/aromatic N) is 3. The molecule has 1 aromatic heterocycles. The second kappa shape index (κ2) is 10.2. The number of rotatable bonds is 9. The van der Waals surface area contributed by atoms with Crippen molar-refractivity contribution in [1.29, 1.82) is 0 Å². The Hall–Kier alpha value is -3.89. The molecule has 0 atom stereocenters. The lowest BCUT2D eigenvalue weighted by molar-refractivity contribution is -0.111. The van der Waals surface area contributed by atoms with Crippen LogP contribution in [0.2, 0.25) is 0 Å². The fraction of sp³-hybridized carbons (Fsp3) is 0.269. The third-order valence-electron chi connectivity index (χ3n) is 5.42. The number of amides is 1. The monoisotopic (exact) mass is 441 g/mol. The molecular formula is C26H27N5O2. The Morgan fingerprint density at radius 1 is 1.30 bits per heavy atom. The van der Waals surface area contributed by atoms with E-state index in [0.29, 0.717) is 35.4 Å². The summed E-state index contributed by atoms with van der Waals surface area (Å²) in [5, 5.41) is 6.98. The molecule has 4 rings (SSSR count). The maximum atomic E-state index is 12.6. The van der Waals surface area contributed by atoms with Gasteiger partial charge in [0.05, 0.1) is 17.8 Å². The lowest BCUT2D eigenvalue weighted by Crippen LogP contribution is -2.20. The van der Waals surface area contributed by atoms with Crippen LogP contribution in [-0.4, -0.2) is 47.0 Å². The molecule has 33 heavy (non-hydrogen) atoms. The SMILES string of the molecule is C#Cc1cccc(Nc2ncnc3cc(OCC)c(NC(=O)C=CCN(C)C4CC4)cc23)c1. The topological polar surface area (TPSA) is 79.4 Å². The van der Waals surface area contributed by atoms with Crippen molar-refractivity contribution in [1.82, 2.24) is 14.9 Å². The molecule has 1 heterocycles. The van der Waals surface area contributed by atoms with Gasteiger partial charge in [0, 0.05) is 41.4 Å². The first-order valence-corrected chi connectivity index (χ1v) is 11.0. The van der Waals surface area contributed by atoms with Crippen molar-refractivity contribution < 1.29 is 9.53 Å². The first-order valence-electron chi connectivity index (χ1n) is 11.0. The summed E-state index contributed by atoms with van der Waals surface area (Å²) in [6.07, 6.45) is 12.9. The fourth-order valence-electron chi connectivity index (χ4n) is 3.54. The van der Waals surface area contributed by atoms with Crippen molar-refractivity contribution >= 4 is 34.0 Å². The molecule has 2 N–H and O–H groups in total. The molecule has 7 nitrogen and oxygen atoms in total. The normalized spacial score (nSPS) is 13.3. The van der Waals surface area contributed by atoms with Crippen molar-refractivity contribution in [3.63, 3.8) is 0 Å². The highest BCUT2D eigenvalue weighted by Gasteiger charge is 2.24. The number of nitrogens with one attached hydrogen (secondary N) is 2. The second-order valence-electron chi connectivity index (χ2n) is 7.93. The van der Waals surface area contributed by atoms with Gasteiger partial charge in [0.25, 0.3) is 0 Å². The number of ether oxygens (including phenoxy) is 1. The molecule has 1 fully saturated rings. The van der Waals surface area contributed by atoms with Crippen LogP contribution >= 0.6 is 0 Å². The summed E-state index contributed by atoms with van der Waals surface area (Å²) in [5.41, 5.74) is 2.84. The van der Waals surface area contributed by atoms with E-state index >= 15 is 0 Å². The van der Waals surface area contributed by atoms with Gasteiger partial charge < -0.3 is 15.4 Å². The summed E-state index contributed by atoms with van der Waals surface area (Å²) < 4.78 is 5.77. The minimum atomic E-state index is -0.215. The van der Waals surface area contributed by atoms with E-state index in [1.807, 2.05) is 49.4 Å². The standard InChI is InChI=1S/C26H27N5O2/c1-4-18-8-6-9-19(14-18)29-26-21-15-23(24(33-5-2)16-22(21)27-17-28-26)30-25(32)10-7-13-31(3)20-11-12-20/h1,6-10,14-17,20H,5,11-13H2,2-3H3,(H,30,32)(H,27,28,29). The van der Waals surface area contributed by atoms with Crippen molar-refractivity contribution in [2.45, 2.75) is 25.8 Å². The number of fused-ring (bicyclic) bond motifs is 1. The highest BCUT2D eigenvalue weighted by Crippen LogP contribution is 2.33. The predicted octanol–water partition coefficient (Wildman–Crippen LogP) is 4.34. The van der Waals surface area contributed by atoms with Gasteiger partial charge in [-0.05, 0) is 51.1 Å².